The Morgan fingerprint density at radius 2 is 2.08 bits per heavy atom. The van der Waals surface area contributed by atoms with E-state index in [1.54, 1.807) is 20.8 Å². The van der Waals surface area contributed by atoms with Crippen LogP contribution in [0.15, 0.2) is 23.7 Å². The molecule has 1 heterocycles. The van der Waals surface area contributed by atoms with E-state index in [9.17, 15) is 4.79 Å². The fourth-order valence-electron chi connectivity index (χ4n) is 1.36. The van der Waals surface area contributed by atoms with E-state index in [1.807, 2.05) is 0 Å². The van der Waals surface area contributed by atoms with Crippen molar-refractivity contribution < 1.29 is 14.6 Å². The number of carboxylic acid groups (broad SMARTS) is 1. The third-order valence-electron chi connectivity index (χ3n) is 2.16. The minimum absolute atomic E-state index is 0.299. The van der Waals surface area contributed by atoms with Gasteiger partial charge in [0.2, 0.25) is 0 Å². The molecule has 66 valence electrons. The highest BCUT2D eigenvalue weighted by Crippen LogP contribution is 2.43. The minimum atomic E-state index is -0.934. The number of allylic oxidation sites excluding steroid dienone is 2. The van der Waals surface area contributed by atoms with Gasteiger partial charge in [0, 0.05) is 0 Å². The summed E-state index contributed by atoms with van der Waals surface area (Å²) < 4.78 is 5.15. The largest absolute Gasteiger partial charge is 0.478 e. The van der Waals surface area contributed by atoms with Gasteiger partial charge in [-0.3, -0.25) is 0 Å². The third kappa shape index (κ3) is 1.02. The van der Waals surface area contributed by atoms with Gasteiger partial charge >= 0.3 is 5.97 Å². The molecule has 0 saturated carbocycles. The highest BCUT2D eigenvalue weighted by atomic mass is 16.5. The molecule has 0 aromatic carbocycles. The van der Waals surface area contributed by atoms with Gasteiger partial charge in [-0.2, -0.15) is 0 Å². The molecule has 3 heteroatoms. The fourth-order valence-corrected chi connectivity index (χ4v) is 1.36. The van der Waals surface area contributed by atoms with E-state index in [4.69, 9.17) is 9.84 Å². The molecule has 0 radical (unpaired) electrons. The van der Waals surface area contributed by atoms with Crippen molar-refractivity contribution in [3.8, 4) is 0 Å². The lowest BCUT2D eigenvalue weighted by molar-refractivity contribution is -0.133. The molecule has 0 aliphatic carbocycles. The van der Waals surface area contributed by atoms with Crippen molar-refractivity contribution in [2.24, 2.45) is 5.41 Å². The Morgan fingerprint density at radius 3 is 2.25 bits per heavy atom. The maximum absolute atomic E-state index is 10.8. The smallest absolute Gasteiger partial charge is 0.336 e. The van der Waals surface area contributed by atoms with Gasteiger partial charge < -0.3 is 9.84 Å². The van der Waals surface area contributed by atoms with Gasteiger partial charge in [-0.05, 0) is 20.8 Å². The highest BCUT2D eigenvalue weighted by molar-refractivity contribution is 5.90. The molecule has 0 atom stereocenters. The molecule has 1 N–H and O–H groups in total. The lowest BCUT2D eigenvalue weighted by atomic mass is 9.84. The van der Waals surface area contributed by atoms with E-state index in [-0.39, 0.29) is 0 Å². The highest BCUT2D eigenvalue weighted by Gasteiger charge is 2.40. The summed E-state index contributed by atoms with van der Waals surface area (Å²) in [5, 5.41) is 8.86. The van der Waals surface area contributed by atoms with Crippen molar-refractivity contribution in [3.05, 3.63) is 23.7 Å². The van der Waals surface area contributed by atoms with Gasteiger partial charge in [0.05, 0.1) is 11.0 Å². The average Bonchev–Trinajstić information content (AvgIpc) is 2.02. The Bertz CT molecular complexity index is 284. The van der Waals surface area contributed by atoms with Crippen molar-refractivity contribution >= 4 is 5.97 Å². The molecule has 1 aliphatic heterocycles. The molecule has 1 aliphatic rings. The van der Waals surface area contributed by atoms with Gasteiger partial charge in [-0.1, -0.05) is 6.58 Å². The van der Waals surface area contributed by atoms with Crippen LogP contribution in [0.2, 0.25) is 0 Å². The van der Waals surface area contributed by atoms with Crippen LogP contribution in [-0.2, 0) is 9.53 Å². The number of rotatable bonds is 1. The molecule has 0 unspecified atom stereocenters. The molecule has 0 aromatic rings. The maximum atomic E-state index is 10.8. The molecule has 1 rings (SSSR count). The summed E-state index contributed by atoms with van der Waals surface area (Å²) >= 11 is 0. The van der Waals surface area contributed by atoms with Crippen LogP contribution in [0.1, 0.15) is 20.8 Å². The van der Waals surface area contributed by atoms with Crippen LogP contribution >= 0.6 is 0 Å². The average molecular weight is 168 g/mol. The van der Waals surface area contributed by atoms with Crippen molar-refractivity contribution in [1.29, 1.82) is 0 Å². The van der Waals surface area contributed by atoms with E-state index < -0.39 is 11.4 Å². The first-order valence-electron chi connectivity index (χ1n) is 3.69. The summed E-state index contributed by atoms with van der Waals surface area (Å²) in [5.74, 6) is 0.00560. The first-order chi connectivity index (χ1) is 5.37. The Balaban J connectivity index is 3.19. The fraction of sp³-hybridized carbons (Fsp3) is 0.444. The zero-order chi connectivity index (χ0) is 9.52. The van der Waals surface area contributed by atoms with Crippen molar-refractivity contribution in [2.75, 3.05) is 0 Å². The van der Waals surface area contributed by atoms with E-state index in [0.717, 1.165) is 0 Å². The van der Waals surface area contributed by atoms with Crippen LogP contribution in [0.25, 0.3) is 0 Å². The van der Waals surface area contributed by atoms with Crippen LogP contribution < -0.4 is 0 Å². The topological polar surface area (TPSA) is 46.5 Å². The predicted octanol–water partition coefficient (Wildman–Crippen LogP) is 1.92. The van der Waals surface area contributed by atoms with Crippen LogP contribution in [0.4, 0.5) is 0 Å². The van der Waals surface area contributed by atoms with Gasteiger partial charge in [0.1, 0.15) is 11.5 Å². The number of hydrogen-bond acceptors (Lipinski definition) is 2. The van der Waals surface area contributed by atoms with Gasteiger partial charge in [-0.25, -0.2) is 4.79 Å². The summed E-state index contributed by atoms with van der Waals surface area (Å²) in [4.78, 5) is 10.8. The molecule has 0 fully saturated rings. The van der Waals surface area contributed by atoms with Crippen LogP contribution in [0, 0.1) is 5.41 Å². The molecule has 3 nitrogen and oxygen atoms in total. The third-order valence-corrected chi connectivity index (χ3v) is 2.16. The van der Waals surface area contributed by atoms with Gasteiger partial charge in [-0.15, -0.1) is 0 Å². The summed E-state index contributed by atoms with van der Waals surface area (Å²) in [6.07, 6.45) is 0. The van der Waals surface area contributed by atoms with Crippen LogP contribution in [-0.4, -0.2) is 11.1 Å². The van der Waals surface area contributed by atoms with E-state index in [0.29, 0.717) is 17.1 Å². The monoisotopic (exact) mass is 168 g/mol. The quantitative estimate of drug-likeness (QED) is 0.650. The zero-order valence-corrected chi connectivity index (χ0v) is 7.47. The van der Waals surface area contributed by atoms with Gasteiger partial charge in [0.25, 0.3) is 0 Å². The molecule has 0 saturated heterocycles. The van der Waals surface area contributed by atoms with Crippen molar-refractivity contribution in [3.63, 3.8) is 0 Å². The Hall–Kier alpha value is -1.25. The number of carbonyl (C=O) groups is 1. The lowest BCUT2D eigenvalue weighted by Gasteiger charge is -2.17. The summed E-state index contributed by atoms with van der Waals surface area (Å²) in [5.41, 5.74) is -0.275. The standard InChI is InChI=1S/C9H12O3/c1-5-7(8(10)11)9(3,4)6(2)12-5/h2H2,1,3-4H3,(H,10,11). The van der Waals surface area contributed by atoms with Crippen molar-refractivity contribution in [1.82, 2.24) is 0 Å². The Morgan fingerprint density at radius 1 is 1.58 bits per heavy atom. The first kappa shape index (κ1) is 8.84. The summed E-state index contributed by atoms with van der Waals surface area (Å²) in [6, 6.07) is 0. The lowest BCUT2D eigenvalue weighted by Crippen LogP contribution is -2.19. The molecular weight excluding hydrogens is 156 g/mol. The van der Waals surface area contributed by atoms with E-state index >= 15 is 0 Å². The number of hydrogen-bond donors (Lipinski definition) is 1. The van der Waals surface area contributed by atoms with Gasteiger partial charge in [0.15, 0.2) is 0 Å². The van der Waals surface area contributed by atoms with Crippen molar-refractivity contribution in [2.45, 2.75) is 20.8 Å². The number of carboxylic acids is 1. The second-order valence-electron chi connectivity index (χ2n) is 3.39. The number of ether oxygens (including phenoxy) is 1. The Kier molecular flexibility index (Phi) is 1.75. The molecular formula is C9H12O3. The molecule has 0 amide bonds. The maximum Gasteiger partial charge on any atom is 0.336 e. The van der Waals surface area contributed by atoms with Crippen LogP contribution in [0.5, 0.6) is 0 Å². The van der Waals surface area contributed by atoms with Crippen LogP contribution in [0.3, 0.4) is 0 Å². The molecule has 12 heavy (non-hydrogen) atoms. The first-order valence-corrected chi connectivity index (χ1v) is 3.69. The molecule has 0 bridgehead atoms. The number of aliphatic carboxylic acids is 1. The zero-order valence-electron chi connectivity index (χ0n) is 7.47. The molecule has 0 spiro atoms. The predicted molar refractivity (Wildman–Crippen MR) is 44.3 cm³/mol. The normalized spacial score (nSPS) is 21.1. The minimum Gasteiger partial charge on any atom is -0.478 e. The second-order valence-corrected chi connectivity index (χ2v) is 3.39. The second kappa shape index (κ2) is 2.37. The molecule has 0 aromatic heterocycles. The Labute approximate surface area is 71.3 Å². The van der Waals surface area contributed by atoms with E-state index in [2.05, 4.69) is 6.58 Å². The van der Waals surface area contributed by atoms with E-state index in [1.165, 1.54) is 0 Å². The summed E-state index contributed by atoms with van der Waals surface area (Å²) in [6.45, 7) is 8.88. The SMILES string of the molecule is C=C1OC(C)=C(C(=O)O)C1(C)C. The summed E-state index contributed by atoms with van der Waals surface area (Å²) in [7, 11) is 0.